The Bertz CT molecular complexity index is 798. The van der Waals surface area contributed by atoms with Crippen molar-refractivity contribution < 1.29 is 9.90 Å². The Morgan fingerprint density at radius 2 is 2.20 bits per heavy atom. The third-order valence-corrected chi connectivity index (χ3v) is 3.85. The van der Waals surface area contributed by atoms with Crippen molar-refractivity contribution in [2.75, 3.05) is 0 Å². The van der Waals surface area contributed by atoms with Crippen molar-refractivity contribution in [2.24, 2.45) is 0 Å². The molecule has 0 fully saturated rings. The topological polar surface area (TPSA) is 76.0 Å². The number of carbonyl (C=O) groups is 1. The molecule has 0 aliphatic heterocycles. The van der Waals surface area contributed by atoms with Gasteiger partial charge in [0.25, 0.3) is 0 Å². The van der Waals surface area contributed by atoms with Gasteiger partial charge in [-0.3, -0.25) is 4.98 Å². The Kier molecular flexibility index (Phi) is 3.15. The molecule has 20 heavy (non-hydrogen) atoms. The van der Waals surface area contributed by atoms with E-state index in [1.165, 1.54) is 6.20 Å². The molecule has 1 N–H and O–H groups in total. The summed E-state index contributed by atoms with van der Waals surface area (Å²) in [6.45, 7) is 1.87. The number of aryl methyl sites for hydroxylation is 1. The Hall–Kier alpha value is -2.34. The number of nitrogens with zero attached hydrogens (tertiary/aromatic N) is 3. The van der Waals surface area contributed by atoms with E-state index in [9.17, 15) is 4.79 Å². The summed E-state index contributed by atoms with van der Waals surface area (Å²) in [4.78, 5) is 23.9. The van der Waals surface area contributed by atoms with Gasteiger partial charge in [0.1, 0.15) is 0 Å². The first-order valence-corrected chi connectivity index (χ1v) is 7.00. The highest BCUT2D eigenvalue weighted by Gasteiger charge is 2.13. The second-order valence-corrected chi connectivity index (χ2v) is 5.19. The maximum Gasteiger partial charge on any atom is 0.339 e. The van der Waals surface area contributed by atoms with E-state index < -0.39 is 5.97 Å². The van der Waals surface area contributed by atoms with Crippen LogP contribution < -0.4 is 0 Å². The van der Waals surface area contributed by atoms with Crippen LogP contribution in [0.25, 0.3) is 21.6 Å². The fourth-order valence-corrected chi connectivity index (χ4v) is 2.75. The number of thiophene rings is 1. The molecule has 5 nitrogen and oxygen atoms in total. The second-order valence-electron chi connectivity index (χ2n) is 4.24. The smallest absolute Gasteiger partial charge is 0.339 e. The van der Waals surface area contributed by atoms with Crippen molar-refractivity contribution in [1.82, 2.24) is 15.0 Å². The molecule has 0 unspecified atom stereocenters. The summed E-state index contributed by atoms with van der Waals surface area (Å²) in [6.07, 6.45) is 3.62. The van der Waals surface area contributed by atoms with Crippen LogP contribution in [0.3, 0.4) is 0 Å². The average Bonchev–Trinajstić information content (AvgIpc) is 2.93. The third kappa shape index (κ3) is 2.14. The zero-order chi connectivity index (χ0) is 14.1. The normalized spacial score (nSPS) is 10.8. The molecule has 0 aliphatic carbocycles. The van der Waals surface area contributed by atoms with Crippen LogP contribution in [0.4, 0.5) is 0 Å². The van der Waals surface area contributed by atoms with Crippen LogP contribution in [0.2, 0.25) is 0 Å². The van der Waals surface area contributed by atoms with Gasteiger partial charge in [-0.05, 0) is 23.9 Å². The highest BCUT2D eigenvalue weighted by Crippen LogP contribution is 2.24. The van der Waals surface area contributed by atoms with Gasteiger partial charge < -0.3 is 5.11 Å². The number of rotatable bonds is 3. The Morgan fingerprint density at radius 3 is 2.95 bits per heavy atom. The summed E-state index contributed by atoms with van der Waals surface area (Å²) in [5, 5.41) is 11.1. The fraction of sp³-hybridized carbons (Fsp3) is 0.143. The molecular weight excluding hydrogens is 274 g/mol. The highest BCUT2D eigenvalue weighted by atomic mass is 32.1. The molecule has 0 saturated carbocycles. The van der Waals surface area contributed by atoms with E-state index in [1.807, 2.05) is 24.4 Å². The van der Waals surface area contributed by atoms with Crippen LogP contribution in [0.5, 0.6) is 0 Å². The lowest BCUT2D eigenvalue weighted by Gasteiger charge is -2.05. The van der Waals surface area contributed by atoms with Gasteiger partial charge in [0.05, 0.1) is 21.5 Å². The lowest BCUT2D eigenvalue weighted by molar-refractivity contribution is 0.0694. The van der Waals surface area contributed by atoms with Gasteiger partial charge in [-0.15, -0.1) is 11.3 Å². The van der Waals surface area contributed by atoms with Crippen molar-refractivity contribution in [2.45, 2.75) is 13.3 Å². The van der Waals surface area contributed by atoms with Crippen LogP contribution in [0.15, 0.2) is 29.9 Å². The van der Waals surface area contributed by atoms with Gasteiger partial charge in [0.2, 0.25) is 0 Å². The van der Waals surface area contributed by atoms with E-state index in [0.29, 0.717) is 17.9 Å². The van der Waals surface area contributed by atoms with Gasteiger partial charge in [-0.1, -0.05) is 6.92 Å². The lowest BCUT2D eigenvalue weighted by atomic mass is 10.1. The molecule has 0 saturated heterocycles. The van der Waals surface area contributed by atoms with Gasteiger partial charge in [0, 0.05) is 18.0 Å². The Balaban J connectivity index is 2.11. The SMILES string of the molecule is CCc1nc(-c2cnc3ccsc3c2)ncc1C(=O)O. The molecule has 6 heteroatoms. The average molecular weight is 285 g/mol. The summed E-state index contributed by atoms with van der Waals surface area (Å²) in [6, 6.07) is 3.93. The predicted molar refractivity (Wildman–Crippen MR) is 77.0 cm³/mol. The molecule has 0 spiro atoms. The summed E-state index contributed by atoms with van der Waals surface area (Å²) < 4.78 is 1.06. The summed E-state index contributed by atoms with van der Waals surface area (Å²) >= 11 is 1.60. The fourth-order valence-electron chi connectivity index (χ4n) is 1.97. The van der Waals surface area contributed by atoms with Crippen LogP contribution in [0, 0.1) is 0 Å². The first kappa shape index (κ1) is 12.7. The number of aromatic carboxylic acids is 1. The number of hydrogen-bond acceptors (Lipinski definition) is 5. The second kappa shape index (κ2) is 4.97. The first-order chi connectivity index (χ1) is 9.69. The van der Waals surface area contributed by atoms with Crippen LogP contribution in [-0.2, 0) is 6.42 Å². The van der Waals surface area contributed by atoms with E-state index in [2.05, 4.69) is 15.0 Å². The van der Waals surface area contributed by atoms with E-state index in [4.69, 9.17) is 5.11 Å². The number of aromatic nitrogens is 3. The quantitative estimate of drug-likeness (QED) is 0.800. The number of fused-ring (bicyclic) bond motifs is 1. The van der Waals surface area contributed by atoms with Gasteiger partial charge in [-0.2, -0.15) is 0 Å². The minimum atomic E-state index is -1.000. The van der Waals surface area contributed by atoms with Crippen molar-refractivity contribution in [1.29, 1.82) is 0 Å². The minimum absolute atomic E-state index is 0.154. The Labute approximate surface area is 119 Å². The number of carboxylic acids is 1. The zero-order valence-electron chi connectivity index (χ0n) is 10.7. The molecule has 100 valence electrons. The zero-order valence-corrected chi connectivity index (χ0v) is 11.5. The molecule has 0 bridgehead atoms. The molecule has 0 amide bonds. The number of hydrogen-bond donors (Lipinski definition) is 1. The monoisotopic (exact) mass is 285 g/mol. The van der Waals surface area contributed by atoms with E-state index in [0.717, 1.165) is 15.8 Å². The van der Waals surface area contributed by atoms with Crippen LogP contribution in [0.1, 0.15) is 23.0 Å². The predicted octanol–water partition coefficient (Wildman–Crippen LogP) is 3.01. The molecular formula is C14H11N3O2S. The van der Waals surface area contributed by atoms with E-state index >= 15 is 0 Å². The standard InChI is InChI=1S/C14H11N3O2S/c1-2-10-9(14(18)19)7-16-13(17-10)8-5-12-11(15-6-8)3-4-20-12/h3-7H,2H2,1H3,(H,18,19). The number of carboxylic acid groups (broad SMARTS) is 1. The van der Waals surface area contributed by atoms with Crippen molar-refractivity contribution in [3.8, 4) is 11.4 Å². The molecule has 3 heterocycles. The molecule has 0 radical (unpaired) electrons. The molecule has 3 aromatic heterocycles. The number of pyridine rings is 1. The first-order valence-electron chi connectivity index (χ1n) is 6.12. The van der Waals surface area contributed by atoms with E-state index in [1.54, 1.807) is 17.5 Å². The molecule has 0 aliphatic rings. The molecule has 0 aromatic carbocycles. The lowest BCUT2D eigenvalue weighted by Crippen LogP contribution is -2.06. The summed E-state index contributed by atoms with van der Waals surface area (Å²) in [5.74, 6) is -0.491. The maximum atomic E-state index is 11.1. The van der Waals surface area contributed by atoms with E-state index in [-0.39, 0.29) is 5.56 Å². The summed E-state index contributed by atoms with van der Waals surface area (Å²) in [5.41, 5.74) is 2.43. The largest absolute Gasteiger partial charge is 0.478 e. The minimum Gasteiger partial charge on any atom is -0.478 e. The summed E-state index contributed by atoms with van der Waals surface area (Å²) in [7, 11) is 0. The highest BCUT2D eigenvalue weighted by molar-refractivity contribution is 7.17. The molecule has 3 aromatic rings. The third-order valence-electron chi connectivity index (χ3n) is 2.99. The van der Waals surface area contributed by atoms with Gasteiger partial charge >= 0.3 is 5.97 Å². The van der Waals surface area contributed by atoms with Crippen LogP contribution in [-0.4, -0.2) is 26.0 Å². The van der Waals surface area contributed by atoms with Gasteiger partial charge in [-0.25, -0.2) is 14.8 Å². The van der Waals surface area contributed by atoms with Gasteiger partial charge in [0.15, 0.2) is 5.82 Å². The molecule has 3 rings (SSSR count). The maximum absolute atomic E-state index is 11.1. The molecule has 0 atom stereocenters. The Morgan fingerprint density at radius 1 is 1.35 bits per heavy atom. The van der Waals surface area contributed by atoms with Crippen molar-refractivity contribution in [3.63, 3.8) is 0 Å². The van der Waals surface area contributed by atoms with Crippen molar-refractivity contribution >= 4 is 27.5 Å². The van der Waals surface area contributed by atoms with Crippen molar-refractivity contribution in [3.05, 3.63) is 41.2 Å². The van der Waals surface area contributed by atoms with Crippen LogP contribution >= 0.6 is 11.3 Å².